The average molecular weight is 390 g/mol. The number of methoxy groups -OCH3 is 2. The van der Waals surface area contributed by atoms with E-state index < -0.39 is 0 Å². The Kier molecular flexibility index (Phi) is 6.06. The Hall–Kier alpha value is -2.47. The lowest BCUT2D eigenvalue weighted by Crippen LogP contribution is -2.38. The van der Waals surface area contributed by atoms with Crippen LogP contribution in [0.1, 0.15) is 30.3 Å². The molecule has 2 aromatic rings. The van der Waals surface area contributed by atoms with E-state index in [1.807, 2.05) is 11.0 Å². The highest BCUT2D eigenvalue weighted by Gasteiger charge is 2.22. The minimum absolute atomic E-state index is 0.0146. The van der Waals surface area contributed by atoms with Gasteiger partial charge in [0.05, 0.1) is 36.8 Å². The molecule has 1 aromatic carbocycles. The van der Waals surface area contributed by atoms with Gasteiger partial charge in [-0.2, -0.15) is 0 Å². The monoisotopic (exact) mass is 389 g/mol. The molecule has 1 aliphatic rings. The number of halogens is 1. The topological polar surface area (TPSA) is 63.7 Å². The molecule has 27 heavy (non-hydrogen) atoms. The van der Waals surface area contributed by atoms with E-state index >= 15 is 0 Å². The minimum atomic E-state index is -0.0146. The van der Waals surface area contributed by atoms with Crippen LogP contribution in [0.5, 0.6) is 11.5 Å². The number of hydrogen-bond acceptors (Lipinski definition) is 5. The highest BCUT2D eigenvalue weighted by atomic mass is 35.5. The van der Waals surface area contributed by atoms with Crippen LogP contribution >= 0.6 is 11.6 Å². The van der Waals surface area contributed by atoms with Gasteiger partial charge in [-0.3, -0.25) is 4.79 Å². The summed E-state index contributed by atoms with van der Waals surface area (Å²) in [6.45, 7) is 3.81. The fourth-order valence-corrected chi connectivity index (χ4v) is 3.31. The average Bonchev–Trinajstić information content (AvgIpc) is 2.69. The smallest absolute Gasteiger partial charge is 0.272 e. The number of benzene rings is 1. The van der Waals surface area contributed by atoms with Gasteiger partial charge in [-0.15, -0.1) is 0 Å². The zero-order chi connectivity index (χ0) is 19.4. The Morgan fingerprint density at radius 1 is 1.19 bits per heavy atom. The first-order chi connectivity index (χ1) is 13.0. The number of piperidine rings is 1. The predicted molar refractivity (Wildman–Crippen MR) is 106 cm³/mol. The van der Waals surface area contributed by atoms with E-state index in [0.29, 0.717) is 33.8 Å². The second kappa shape index (κ2) is 8.48. The van der Waals surface area contributed by atoms with Crippen LogP contribution in [0.2, 0.25) is 5.02 Å². The minimum Gasteiger partial charge on any atom is -0.495 e. The molecule has 7 heteroatoms. The molecule has 1 amide bonds. The van der Waals surface area contributed by atoms with Gasteiger partial charge in [-0.25, -0.2) is 4.98 Å². The predicted octanol–water partition coefficient (Wildman–Crippen LogP) is 4.37. The SMILES string of the molecule is COc1cc(Nc2ccc(C(=O)N3CCC(C)CC3)nc2)c(OC)cc1Cl. The molecule has 0 atom stereocenters. The van der Waals surface area contributed by atoms with E-state index in [-0.39, 0.29) is 5.91 Å². The molecular formula is C20H24ClN3O3. The molecule has 0 radical (unpaired) electrons. The van der Waals surface area contributed by atoms with Crippen molar-refractivity contribution in [2.75, 3.05) is 32.6 Å². The Labute approximate surface area is 164 Å². The van der Waals surface area contributed by atoms with Crippen LogP contribution in [0, 0.1) is 5.92 Å². The van der Waals surface area contributed by atoms with Crippen molar-refractivity contribution in [3.8, 4) is 11.5 Å². The summed E-state index contributed by atoms with van der Waals surface area (Å²) in [7, 11) is 3.13. The fraction of sp³-hybridized carbons (Fsp3) is 0.400. The summed E-state index contributed by atoms with van der Waals surface area (Å²) in [6.07, 6.45) is 3.73. The number of pyridine rings is 1. The number of nitrogens with zero attached hydrogens (tertiary/aromatic N) is 2. The Bertz CT molecular complexity index is 803. The first-order valence-electron chi connectivity index (χ1n) is 8.95. The van der Waals surface area contributed by atoms with Gasteiger partial charge in [0.15, 0.2) is 0 Å². The number of ether oxygens (including phenoxy) is 2. The summed E-state index contributed by atoms with van der Waals surface area (Å²) in [5.41, 5.74) is 1.89. The molecule has 6 nitrogen and oxygen atoms in total. The number of carbonyl (C=O) groups excluding carboxylic acids is 1. The highest BCUT2D eigenvalue weighted by Crippen LogP contribution is 2.37. The van der Waals surface area contributed by atoms with Crippen molar-refractivity contribution in [1.82, 2.24) is 9.88 Å². The molecule has 1 N–H and O–H groups in total. The first kappa shape index (κ1) is 19.3. The zero-order valence-electron chi connectivity index (χ0n) is 15.8. The molecule has 0 bridgehead atoms. The second-order valence-corrected chi connectivity index (χ2v) is 7.13. The van der Waals surface area contributed by atoms with E-state index in [1.54, 1.807) is 38.6 Å². The summed E-state index contributed by atoms with van der Waals surface area (Å²) in [5.74, 6) is 1.79. The van der Waals surface area contributed by atoms with Crippen LogP contribution in [0.15, 0.2) is 30.5 Å². The Balaban J connectivity index is 1.73. The standard InChI is InChI=1S/C20H24ClN3O3/c1-13-6-8-24(9-7-13)20(25)16-5-4-14(12-22-16)23-17-11-18(26-2)15(21)10-19(17)27-3/h4-5,10-13,23H,6-9H2,1-3H3. The molecule has 0 spiro atoms. The molecule has 1 aliphatic heterocycles. The van der Waals surface area contributed by atoms with Gasteiger partial charge in [-0.05, 0) is 30.9 Å². The number of amides is 1. The molecule has 1 saturated heterocycles. The third kappa shape index (κ3) is 4.45. The number of hydrogen-bond donors (Lipinski definition) is 1. The number of aromatic nitrogens is 1. The van der Waals surface area contributed by atoms with Crippen molar-refractivity contribution in [2.45, 2.75) is 19.8 Å². The van der Waals surface area contributed by atoms with Crippen molar-refractivity contribution in [3.05, 3.63) is 41.2 Å². The number of nitrogens with one attached hydrogen (secondary N) is 1. The lowest BCUT2D eigenvalue weighted by Gasteiger charge is -2.30. The summed E-state index contributed by atoms with van der Waals surface area (Å²) >= 11 is 6.13. The van der Waals surface area contributed by atoms with Crippen molar-refractivity contribution >= 4 is 28.9 Å². The van der Waals surface area contributed by atoms with Gasteiger partial charge >= 0.3 is 0 Å². The van der Waals surface area contributed by atoms with Gasteiger partial charge in [0.2, 0.25) is 0 Å². The van der Waals surface area contributed by atoms with Crippen LogP contribution in [-0.4, -0.2) is 43.1 Å². The van der Waals surface area contributed by atoms with Gasteiger partial charge in [0.1, 0.15) is 17.2 Å². The van der Waals surface area contributed by atoms with Gasteiger partial charge in [-0.1, -0.05) is 18.5 Å². The van der Waals surface area contributed by atoms with Crippen LogP contribution < -0.4 is 14.8 Å². The summed E-state index contributed by atoms with van der Waals surface area (Å²) in [5, 5.41) is 3.69. The number of likely N-dealkylation sites (tertiary alicyclic amines) is 1. The summed E-state index contributed by atoms with van der Waals surface area (Å²) < 4.78 is 10.6. The molecule has 3 rings (SSSR count). The van der Waals surface area contributed by atoms with Crippen molar-refractivity contribution in [1.29, 1.82) is 0 Å². The van der Waals surface area contributed by atoms with Crippen molar-refractivity contribution < 1.29 is 14.3 Å². The van der Waals surface area contributed by atoms with Crippen LogP contribution in [0.4, 0.5) is 11.4 Å². The Morgan fingerprint density at radius 2 is 1.89 bits per heavy atom. The summed E-state index contributed by atoms with van der Waals surface area (Å²) in [6, 6.07) is 7.01. The third-order valence-corrected chi connectivity index (χ3v) is 5.10. The van der Waals surface area contributed by atoms with Crippen LogP contribution in [-0.2, 0) is 0 Å². The second-order valence-electron chi connectivity index (χ2n) is 6.72. The maximum absolute atomic E-state index is 12.6. The molecule has 0 aliphatic carbocycles. The lowest BCUT2D eigenvalue weighted by atomic mass is 9.99. The fourth-order valence-electron chi connectivity index (χ4n) is 3.08. The van der Waals surface area contributed by atoms with E-state index in [1.165, 1.54) is 0 Å². The molecular weight excluding hydrogens is 366 g/mol. The van der Waals surface area contributed by atoms with E-state index in [0.717, 1.165) is 31.6 Å². The maximum atomic E-state index is 12.6. The molecule has 1 fully saturated rings. The normalized spacial score (nSPS) is 14.7. The van der Waals surface area contributed by atoms with Crippen LogP contribution in [0.3, 0.4) is 0 Å². The van der Waals surface area contributed by atoms with Gasteiger partial charge in [0.25, 0.3) is 5.91 Å². The third-order valence-electron chi connectivity index (χ3n) is 4.81. The van der Waals surface area contributed by atoms with Crippen LogP contribution in [0.25, 0.3) is 0 Å². The van der Waals surface area contributed by atoms with Gasteiger partial charge < -0.3 is 19.7 Å². The number of rotatable bonds is 5. The first-order valence-corrected chi connectivity index (χ1v) is 9.33. The van der Waals surface area contributed by atoms with E-state index in [4.69, 9.17) is 21.1 Å². The number of anilines is 2. The number of carbonyl (C=O) groups is 1. The van der Waals surface area contributed by atoms with Gasteiger partial charge in [0, 0.05) is 25.2 Å². The van der Waals surface area contributed by atoms with E-state index in [9.17, 15) is 4.79 Å². The van der Waals surface area contributed by atoms with Crippen molar-refractivity contribution in [3.63, 3.8) is 0 Å². The lowest BCUT2D eigenvalue weighted by molar-refractivity contribution is 0.0691. The van der Waals surface area contributed by atoms with E-state index in [2.05, 4.69) is 17.2 Å². The largest absolute Gasteiger partial charge is 0.495 e. The summed E-state index contributed by atoms with van der Waals surface area (Å²) in [4.78, 5) is 18.8. The molecule has 0 unspecified atom stereocenters. The quantitative estimate of drug-likeness (QED) is 0.822. The molecule has 0 saturated carbocycles. The maximum Gasteiger partial charge on any atom is 0.272 e. The zero-order valence-corrected chi connectivity index (χ0v) is 16.5. The van der Waals surface area contributed by atoms with Crippen molar-refractivity contribution in [2.24, 2.45) is 5.92 Å². The molecule has 1 aromatic heterocycles. The Morgan fingerprint density at radius 3 is 2.48 bits per heavy atom. The highest BCUT2D eigenvalue weighted by molar-refractivity contribution is 6.32. The molecule has 144 valence electrons. The molecule has 2 heterocycles.